The Bertz CT molecular complexity index is 450. The third-order valence-electron chi connectivity index (χ3n) is 2.51. The lowest BCUT2D eigenvalue weighted by Gasteiger charge is -2.14. The van der Waals surface area contributed by atoms with Gasteiger partial charge in [0, 0.05) is 6.04 Å². The van der Waals surface area contributed by atoms with Crippen LogP contribution in [0.4, 0.5) is 14.5 Å². The van der Waals surface area contributed by atoms with Gasteiger partial charge in [-0.2, -0.15) is 8.78 Å². The molecule has 0 bridgehead atoms. The normalized spacial score (nSPS) is 14.4. The summed E-state index contributed by atoms with van der Waals surface area (Å²) < 4.78 is 29.0. The summed E-state index contributed by atoms with van der Waals surface area (Å²) in [6.07, 6.45) is 2.19. The Hall–Kier alpha value is -1.43. The van der Waals surface area contributed by atoms with Crippen LogP contribution in [0.25, 0.3) is 0 Å². The third-order valence-corrected chi connectivity index (χ3v) is 2.73. The number of ether oxygens (including phenoxy) is 1. The van der Waals surface area contributed by atoms with Crippen molar-refractivity contribution in [2.75, 3.05) is 5.32 Å². The van der Waals surface area contributed by atoms with E-state index in [0.717, 1.165) is 18.4 Å². The van der Waals surface area contributed by atoms with Crippen LogP contribution in [-0.2, 0) is 0 Å². The standard InChI is InChI=1S/C12H14F2N2OS/c1-7-2-5-9(10(6-7)17-11(13)14)16-12(18)15-8-3-4-8/h2,5-6,8,11H,3-4H2,1H3,(H2,15,16,18). The number of thiocarbonyl (C=S) groups is 1. The zero-order valence-corrected chi connectivity index (χ0v) is 10.7. The maximum Gasteiger partial charge on any atom is 0.387 e. The minimum absolute atomic E-state index is 0.102. The summed E-state index contributed by atoms with van der Waals surface area (Å²) in [5, 5.41) is 6.38. The minimum Gasteiger partial charge on any atom is -0.433 e. The van der Waals surface area contributed by atoms with E-state index in [9.17, 15) is 8.78 Å². The van der Waals surface area contributed by atoms with E-state index in [4.69, 9.17) is 12.2 Å². The van der Waals surface area contributed by atoms with Gasteiger partial charge < -0.3 is 15.4 Å². The predicted octanol–water partition coefficient (Wildman–Crippen LogP) is 3.05. The summed E-state index contributed by atoms with van der Waals surface area (Å²) >= 11 is 5.09. The van der Waals surface area contributed by atoms with Crippen LogP contribution in [0.5, 0.6) is 5.75 Å². The third kappa shape index (κ3) is 3.80. The summed E-state index contributed by atoms with van der Waals surface area (Å²) in [5.41, 5.74) is 1.29. The van der Waals surface area contributed by atoms with E-state index in [0.29, 0.717) is 16.8 Å². The monoisotopic (exact) mass is 272 g/mol. The van der Waals surface area contributed by atoms with E-state index < -0.39 is 6.61 Å². The van der Waals surface area contributed by atoms with Gasteiger partial charge in [-0.15, -0.1) is 0 Å². The Morgan fingerprint density at radius 2 is 2.17 bits per heavy atom. The molecule has 0 heterocycles. The molecule has 0 spiro atoms. The SMILES string of the molecule is Cc1ccc(NC(=S)NC2CC2)c(OC(F)F)c1. The molecule has 3 nitrogen and oxygen atoms in total. The van der Waals surface area contributed by atoms with Crippen LogP contribution in [0.1, 0.15) is 18.4 Å². The maximum atomic E-state index is 12.3. The van der Waals surface area contributed by atoms with Crippen molar-refractivity contribution in [2.45, 2.75) is 32.4 Å². The number of hydrogen-bond acceptors (Lipinski definition) is 2. The Kier molecular flexibility index (Phi) is 3.96. The Morgan fingerprint density at radius 3 is 2.78 bits per heavy atom. The van der Waals surface area contributed by atoms with Crippen molar-refractivity contribution < 1.29 is 13.5 Å². The fraction of sp³-hybridized carbons (Fsp3) is 0.417. The van der Waals surface area contributed by atoms with Crippen molar-refractivity contribution in [3.8, 4) is 5.75 Å². The van der Waals surface area contributed by atoms with Crippen molar-refractivity contribution in [3.63, 3.8) is 0 Å². The van der Waals surface area contributed by atoms with Crippen LogP contribution in [0.2, 0.25) is 0 Å². The van der Waals surface area contributed by atoms with Crippen LogP contribution in [0.15, 0.2) is 18.2 Å². The first-order valence-electron chi connectivity index (χ1n) is 5.67. The molecular formula is C12H14F2N2OS. The zero-order chi connectivity index (χ0) is 13.1. The van der Waals surface area contributed by atoms with E-state index in [2.05, 4.69) is 15.4 Å². The van der Waals surface area contributed by atoms with Crippen LogP contribution in [0, 0.1) is 6.92 Å². The molecule has 0 saturated heterocycles. The molecular weight excluding hydrogens is 258 g/mol. The molecule has 1 aliphatic carbocycles. The predicted molar refractivity (Wildman–Crippen MR) is 70.2 cm³/mol. The molecule has 2 N–H and O–H groups in total. The Balaban J connectivity index is 2.07. The van der Waals surface area contributed by atoms with Gasteiger partial charge in [-0.05, 0) is 49.7 Å². The highest BCUT2D eigenvalue weighted by Crippen LogP contribution is 2.27. The second-order valence-corrected chi connectivity index (χ2v) is 4.66. The van der Waals surface area contributed by atoms with Crippen LogP contribution in [0.3, 0.4) is 0 Å². The summed E-state index contributed by atoms with van der Waals surface area (Å²) in [6, 6.07) is 5.44. The van der Waals surface area contributed by atoms with Crippen molar-refractivity contribution in [1.82, 2.24) is 5.32 Å². The second kappa shape index (κ2) is 5.48. The van der Waals surface area contributed by atoms with Crippen molar-refractivity contribution in [1.29, 1.82) is 0 Å². The number of rotatable bonds is 4. The molecule has 0 amide bonds. The Labute approximate surface area is 110 Å². The Morgan fingerprint density at radius 1 is 1.44 bits per heavy atom. The topological polar surface area (TPSA) is 33.3 Å². The first-order valence-corrected chi connectivity index (χ1v) is 6.08. The second-order valence-electron chi connectivity index (χ2n) is 4.25. The summed E-state index contributed by atoms with van der Waals surface area (Å²) in [4.78, 5) is 0. The highest BCUT2D eigenvalue weighted by atomic mass is 32.1. The largest absolute Gasteiger partial charge is 0.433 e. The summed E-state index contributed by atoms with van der Waals surface area (Å²) in [7, 11) is 0. The van der Waals surface area contributed by atoms with E-state index in [1.54, 1.807) is 18.2 Å². The lowest BCUT2D eigenvalue weighted by Crippen LogP contribution is -2.30. The fourth-order valence-corrected chi connectivity index (χ4v) is 1.77. The van der Waals surface area contributed by atoms with Crippen molar-refractivity contribution in [3.05, 3.63) is 23.8 Å². The first kappa shape index (κ1) is 13.0. The molecule has 2 rings (SSSR count). The summed E-state index contributed by atoms with van der Waals surface area (Å²) in [6.45, 7) is -1.04. The lowest BCUT2D eigenvalue weighted by atomic mass is 10.2. The van der Waals surface area contributed by atoms with Gasteiger partial charge >= 0.3 is 6.61 Å². The van der Waals surface area contributed by atoms with E-state index in [1.165, 1.54) is 0 Å². The fourth-order valence-electron chi connectivity index (χ4n) is 1.50. The van der Waals surface area contributed by atoms with Gasteiger partial charge in [0.15, 0.2) is 5.11 Å². The molecule has 6 heteroatoms. The maximum absolute atomic E-state index is 12.3. The van der Waals surface area contributed by atoms with Crippen molar-refractivity contribution in [2.24, 2.45) is 0 Å². The van der Waals surface area contributed by atoms with Gasteiger partial charge in [-0.1, -0.05) is 6.07 Å². The summed E-state index contributed by atoms with van der Waals surface area (Å²) in [5.74, 6) is 0.102. The lowest BCUT2D eigenvalue weighted by molar-refractivity contribution is -0.0493. The number of anilines is 1. The molecule has 0 atom stereocenters. The highest BCUT2D eigenvalue weighted by molar-refractivity contribution is 7.80. The molecule has 0 radical (unpaired) electrons. The van der Waals surface area contributed by atoms with Gasteiger partial charge in [-0.25, -0.2) is 0 Å². The molecule has 18 heavy (non-hydrogen) atoms. The van der Waals surface area contributed by atoms with Gasteiger partial charge in [-0.3, -0.25) is 0 Å². The van der Waals surface area contributed by atoms with Crippen LogP contribution in [-0.4, -0.2) is 17.8 Å². The number of hydrogen-bond donors (Lipinski definition) is 2. The number of alkyl halides is 2. The molecule has 1 aromatic carbocycles. The number of nitrogens with one attached hydrogen (secondary N) is 2. The molecule has 0 aliphatic heterocycles. The van der Waals surface area contributed by atoms with Gasteiger partial charge in [0.1, 0.15) is 5.75 Å². The van der Waals surface area contributed by atoms with Gasteiger partial charge in [0.25, 0.3) is 0 Å². The van der Waals surface area contributed by atoms with E-state index in [-0.39, 0.29) is 5.75 Å². The molecule has 1 aromatic rings. The first-order chi connectivity index (χ1) is 8.54. The molecule has 0 unspecified atom stereocenters. The molecule has 1 fully saturated rings. The smallest absolute Gasteiger partial charge is 0.387 e. The number of halogens is 2. The molecule has 0 aromatic heterocycles. The van der Waals surface area contributed by atoms with Gasteiger partial charge in [0.05, 0.1) is 5.69 Å². The molecule has 1 aliphatic rings. The van der Waals surface area contributed by atoms with Crippen LogP contribution < -0.4 is 15.4 Å². The average Bonchev–Trinajstić information content (AvgIpc) is 3.05. The average molecular weight is 272 g/mol. The number of aryl methyl sites for hydroxylation is 1. The molecule has 98 valence electrons. The highest BCUT2D eigenvalue weighted by Gasteiger charge is 2.22. The van der Waals surface area contributed by atoms with E-state index >= 15 is 0 Å². The van der Waals surface area contributed by atoms with Crippen LogP contribution >= 0.6 is 12.2 Å². The quantitative estimate of drug-likeness (QED) is 0.825. The van der Waals surface area contributed by atoms with E-state index in [1.807, 2.05) is 6.92 Å². The molecule has 1 saturated carbocycles. The zero-order valence-electron chi connectivity index (χ0n) is 9.87. The number of benzene rings is 1. The minimum atomic E-state index is -2.85. The van der Waals surface area contributed by atoms with Gasteiger partial charge in [0.2, 0.25) is 0 Å². The van der Waals surface area contributed by atoms with Crippen molar-refractivity contribution >= 4 is 23.0 Å².